The molecule has 128 valence electrons. The van der Waals surface area contributed by atoms with E-state index in [0.29, 0.717) is 6.04 Å². The number of rotatable bonds is 4. The number of nitrogens with zero attached hydrogens (tertiary/aromatic N) is 1. The number of ether oxygens (including phenoxy) is 2. The van der Waals surface area contributed by atoms with Crippen LogP contribution >= 0.6 is 0 Å². The lowest BCUT2D eigenvalue weighted by atomic mass is 9.94. The molecule has 4 heteroatoms. The Balaban J connectivity index is 1.72. The quantitative estimate of drug-likeness (QED) is 0.801. The summed E-state index contributed by atoms with van der Waals surface area (Å²) in [6, 6.07) is 13.1. The van der Waals surface area contributed by atoms with Crippen molar-refractivity contribution in [1.82, 2.24) is 4.90 Å². The van der Waals surface area contributed by atoms with Gasteiger partial charge in [0.05, 0.1) is 20.1 Å². The van der Waals surface area contributed by atoms with Crippen LogP contribution in [0.3, 0.4) is 0 Å². The third-order valence-corrected chi connectivity index (χ3v) is 5.17. The first-order chi connectivity index (χ1) is 11.6. The highest BCUT2D eigenvalue weighted by Gasteiger charge is 2.28. The van der Waals surface area contributed by atoms with Gasteiger partial charge in [-0.25, -0.2) is 0 Å². The second-order valence-corrected chi connectivity index (χ2v) is 6.48. The van der Waals surface area contributed by atoms with Crippen molar-refractivity contribution in [2.24, 2.45) is 5.92 Å². The number of fused-ring (bicyclic) bond motifs is 1. The Labute approximate surface area is 143 Å². The standard InChI is InChI=1S/C20H25NO3/c1-14(21-10-8-15(9-11-21)20(22)24-3)16-4-5-18-13-19(23-2)7-6-17(18)12-16/h4-7,12-15H,8-11H2,1-3H3. The molecule has 1 aliphatic heterocycles. The molecule has 24 heavy (non-hydrogen) atoms. The van der Waals surface area contributed by atoms with Crippen molar-refractivity contribution >= 4 is 16.7 Å². The van der Waals surface area contributed by atoms with Crippen LogP contribution in [0.4, 0.5) is 0 Å². The second-order valence-electron chi connectivity index (χ2n) is 6.48. The van der Waals surface area contributed by atoms with Crippen LogP contribution in [0.15, 0.2) is 36.4 Å². The molecule has 1 unspecified atom stereocenters. The van der Waals surface area contributed by atoms with E-state index in [1.807, 2.05) is 6.07 Å². The molecule has 1 heterocycles. The molecule has 0 amide bonds. The molecule has 1 saturated heterocycles. The largest absolute Gasteiger partial charge is 0.497 e. The third kappa shape index (κ3) is 3.39. The van der Waals surface area contributed by atoms with Gasteiger partial charge in [-0.2, -0.15) is 0 Å². The van der Waals surface area contributed by atoms with E-state index in [4.69, 9.17) is 9.47 Å². The molecule has 0 saturated carbocycles. The van der Waals surface area contributed by atoms with E-state index in [1.54, 1.807) is 7.11 Å². The third-order valence-electron chi connectivity index (χ3n) is 5.17. The average molecular weight is 327 g/mol. The van der Waals surface area contributed by atoms with Gasteiger partial charge in [0.25, 0.3) is 0 Å². The molecule has 0 aromatic heterocycles. The van der Waals surface area contributed by atoms with Crippen molar-refractivity contribution in [2.75, 3.05) is 27.3 Å². The number of piperidine rings is 1. The molecular weight excluding hydrogens is 302 g/mol. The highest BCUT2D eigenvalue weighted by atomic mass is 16.5. The average Bonchev–Trinajstić information content (AvgIpc) is 2.66. The summed E-state index contributed by atoms with van der Waals surface area (Å²) in [5, 5.41) is 2.42. The topological polar surface area (TPSA) is 38.8 Å². The Kier molecular flexibility index (Phi) is 5.05. The molecule has 1 aliphatic rings. The Morgan fingerprint density at radius 1 is 1.08 bits per heavy atom. The van der Waals surface area contributed by atoms with E-state index >= 15 is 0 Å². The predicted octanol–water partition coefficient (Wildman–Crippen LogP) is 3.79. The molecule has 1 fully saturated rings. The summed E-state index contributed by atoms with van der Waals surface area (Å²) in [6.45, 7) is 4.10. The summed E-state index contributed by atoms with van der Waals surface area (Å²) in [5.74, 6) is 0.873. The monoisotopic (exact) mass is 327 g/mol. The molecule has 1 atom stereocenters. The highest BCUT2D eigenvalue weighted by Crippen LogP contribution is 2.30. The fourth-order valence-corrected chi connectivity index (χ4v) is 3.53. The first kappa shape index (κ1) is 16.8. The molecule has 0 bridgehead atoms. The minimum atomic E-state index is -0.0676. The molecule has 3 rings (SSSR count). The molecule has 0 radical (unpaired) electrons. The smallest absolute Gasteiger partial charge is 0.308 e. The lowest BCUT2D eigenvalue weighted by molar-refractivity contribution is -0.147. The van der Waals surface area contributed by atoms with E-state index in [2.05, 4.69) is 42.2 Å². The van der Waals surface area contributed by atoms with Gasteiger partial charge in [-0.05, 0) is 67.4 Å². The van der Waals surface area contributed by atoms with Gasteiger partial charge in [0, 0.05) is 6.04 Å². The van der Waals surface area contributed by atoms with Gasteiger partial charge in [0.2, 0.25) is 0 Å². The summed E-state index contributed by atoms with van der Waals surface area (Å²) in [5.41, 5.74) is 1.31. The van der Waals surface area contributed by atoms with E-state index in [0.717, 1.165) is 31.7 Å². The number of esters is 1. The highest BCUT2D eigenvalue weighted by molar-refractivity contribution is 5.84. The predicted molar refractivity (Wildman–Crippen MR) is 95.2 cm³/mol. The normalized spacial score (nSPS) is 17.6. The first-order valence-electron chi connectivity index (χ1n) is 8.52. The minimum absolute atomic E-state index is 0.0579. The van der Waals surface area contributed by atoms with Crippen LogP contribution in [0, 0.1) is 5.92 Å². The zero-order chi connectivity index (χ0) is 17.1. The van der Waals surface area contributed by atoms with Crippen LogP contribution in [0.25, 0.3) is 10.8 Å². The van der Waals surface area contributed by atoms with Crippen LogP contribution in [-0.4, -0.2) is 38.2 Å². The molecule has 0 aliphatic carbocycles. The fourth-order valence-electron chi connectivity index (χ4n) is 3.53. The Bertz CT molecular complexity index is 720. The number of carbonyl (C=O) groups excluding carboxylic acids is 1. The maximum absolute atomic E-state index is 11.7. The summed E-state index contributed by atoms with van der Waals surface area (Å²) in [6.07, 6.45) is 1.75. The molecule has 0 N–H and O–H groups in total. The lowest BCUT2D eigenvalue weighted by Gasteiger charge is -2.35. The summed E-state index contributed by atoms with van der Waals surface area (Å²) in [4.78, 5) is 14.1. The zero-order valence-corrected chi connectivity index (χ0v) is 14.6. The van der Waals surface area contributed by atoms with Gasteiger partial charge < -0.3 is 9.47 Å². The zero-order valence-electron chi connectivity index (χ0n) is 14.6. The summed E-state index contributed by atoms with van der Waals surface area (Å²) >= 11 is 0. The van der Waals surface area contributed by atoms with E-state index in [9.17, 15) is 4.79 Å². The first-order valence-corrected chi connectivity index (χ1v) is 8.52. The van der Waals surface area contributed by atoms with Crippen molar-refractivity contribution in [2.45, 2.75) is 25.8 Å². The van der Waals surface area contributed by atoms with Crippen LogP contribution in [0.1, 0.15) is 31.4 Å². The molecular formula is C20H25NO3. The van der Waals surface area contributed by atoms with Gasteiger partial charge in [-0.3, -0.25) is 9.69 Å². The van der Waals surface area contributed by atoms with Crippen molar-refractivity contribution in [3.63, 3.8) is 0 Å². The van der Waals surface area contributed by atoms with Crippen LogP contribution in [0.5, 0.6) is 5.75 Å². The minimum Gasteiger partial charge on any atom is -0.497 e. The molecule has 4 nitrogen and oxygen atoms in total. The Morgan fingerprint density at radius 2 is 1.75 bits per heavy atom. The summed E-state index contributed by atoms with van der Waals surface area (Å²) < 4.78 is 10.2. The van der Waals surface area contributed by atoms with Gasteiger partial charge >= 0.3 is 5.97 Å². The number of carbonyl (C=O) groups is 1. The van der Waals surface area contributed by atoms with Gasteiger partial charge in [-0.1, -0.05) is 18.2 Å². The molecule has 2 aromatic carbocycles. The SMILES string of the molecule is COC(=O)C1CCN(C(C)c2ccc3cc(OC)ccc3c2)CC1. The fraction of sp³-hybridized carbons (Fsp3) is 0.450. The van der Waals surface area contributed by atoms with Crippen LogP contribution in [0.2, 0.25) is 0 Å². The van der Waals surface area contributed by atoms with Crippen LogP contribution in [-0.2, 0) is 9.53 Å². The molecule has 0 spiro atoms. The van der Waals surface area contributed by atoms with E-state index < -0.39 is 0 Å². The number of likely N-dealkylation sites (tertiary alicyclic amines) is 1. The number of hydrogen-bond acceptors (Lipinski definition) is 4. The Hall–Kier alpha value is -2.07. The van der Waals surface area contributed by atoms with E-state index in [-0.39, 0.29) is 11.9 Å². The van der Waals surface area contributed by atoms with E-state index in [1.165, 1.54) is 23.4 Å². The number of hydrogen-bond donors (Lipinski definition) is 0. The van der Waals surface area contributed by atoms with Crippen molar-refractivity contribution in [3.05, 3.63) is 42.0 Å². The lowest BCUT2D eigenvalue weighted by Crippen LogP contribution is -2.38. The maximum Gasteiger partial charge on any atom is 0.308 e. The number of benzene rings is 2. The van der Waals surface area contributed by atoms with Gasteiger partial charge in [-0.15, -0.1) is 0 Å². The molecule has 2 aromatic rings. The van der Waals surface area contributed by atoms with Gasteiger partial charge in [0.15, 0.2) is 0 Å². The van der Waals surface area contributed by atoms with Crippen molar-refractivity contribution in [3.8, 4) is 5.75 Å². The van der Waals surface area contributed by atoms with Crippen molar-refractivity contribution < 1.29 is 14.3 Å². The second kappa shape index (κ2) is 7.22. The van der Waals surface area contributed by atoms with Crippen molar-refractivity contribution in [1.29, 1.82) is 0 Å². The Morgan fingerprint density at radius 3 is 2.42 bits per heavy atom. The maximum atomic E-state index is 11.7. The number of methoxy groups -OCH3 is 2. The van der Waals surface area contributed by atoms with Gasteiger partial charge in [0.1, 0.15) is 5.75 Å². The van der Waals surface area contributed by atoms with Crippen LogP contribution < -0.4 is 4.74 Å². The summed E-state index contributed by atoms with van der Waals surface area (Å²) in [7, 11) is 3.16.